The van der Waals surface area contributed by atoms with Crippen LogP contribution in [0.25, 0.3) is 0 Å². The second kappa shape index (κ2) is 8.69. The summed E-state index contributed by atoms with van der Waals surface area (Å²) in [5, 5.41) is 3.02. The standard InChI is InChI=1S/C18H25FN2O/c1-2-11-21-12-5-9-17(21)14-20-18(22)16-8-3-6-15(13-16)7-4-10-19/h2-3,6,8,13,17H,1,4-5,7,9-12,14H2,(H,20,22)/t17-/m0/s1. The Balaban J connectivity index is 1.87. The van der Waals surface area contributed by atoms with Gasteiger partial charge in [-0.2, -0.15) is 0 Å². The summed E-state index contributed by atoms with van der Waals surface area (Å²) in [5.41, 5.74) is 1.67. The lowest BCUT2D eigenvalue weighted by atomic mass is 10.1. The number of carbonyl (C=O) groups excluding carboxylic acids is 1. The summed E-state index contributed by atoms with van der Waals surface area (Å²) in [4.78, 5) is 14.6. The third-order valence-electron chi connectivity index (χ3n) is 4.15. The van der Waals surface area contributed by atoms with Crippen molar-refractivity contribution < 1.29 is 9.18 Å². The van der Waals surface area contributed by atoms with Crippen molar-refractivity contribution in [2.24, 2.45) is 0 Å². The van der Waals surface area contributed by atoms with Crippen LogP contribution in [-0.2, 0) is 6.42 Å². The van der Waals surface area contributed by atoms with Crippen molar-refractivity contribution in [3.05, 3.63) is 48.0 Å². The Kier molecular flexibility index (Phi) is 6.59. The molecule has 1 N–H and O–H groups in total. The number of hydrogen-bond acceptors (Lipinski definition) is 2. The van der Waals surface area contributed by atoms with Gasteiger partial charge in [0.1, 0.15) is 0 Å². The predicted octanol–water partition coefficient (Wildman–Crippen LogP) is 2.97. The minimum absolute atomic E-state index is 0.0486. The first kappa shape index (κ1) is 16.7. The first-order valence-corrected chi connectivity index (χ1v) is 8.02. The topological polar surface area (TPSA) is 32.3 Å². The molecular formula is C18H25FN2O. The Morgan fingerprint density at radius 2 is 2.36 bits per heavy atom. The van der Waals surface area contributed by atoms with Crippen LogP contribution in [0.2, 0.25) is 0 Å². The fourth-order valence-electron chi connectivity index (χ4n) is 2.98. The number of halogens is 1. The number of hydrogen-bond donors (Lipinski definition) is 1. The third-order valence-corrected chi connectivity index (χ3v) is 4.15. The summed E-state index contributed by atoms with van der Waals surface area (Å²) < 4.78 is 12.2. The number of alkyl halides is 1. The van der Waals surface area contributed by atoms with E-state index >= 15 is 0 Å². The molecule has 120 valence electrons. The van der Waals surface area contributed by atoms with Gasteiger partial charge in [-0.25, -0.2) is 0 Å². The van der Waals surface area contributed by atoms with Gasteiger partial charge in [0.15, 0.2) is 0 Å². The highest BCUT2D eigenvalue weighted by atomic mass is 19.1. The predicted molar refractivity (Wildman–Crippen MR) is 87.9 cm³/mol. The number of rotatable bonds is 8. The molecule has 0 spiro atoms. The number of likely N-dealkylation sites (tertiary alicyclic amines) is 1. The van der Waals surface area contributed by atoms with Crippen LogP contribution in [0.5, 0.6) is 0 Å². The van der Waals surface area contributed by atoms with Crippen molar-refractivity contribution in [3.63, 3.8) is 0 Å². The van der Waals surface area contributed by atoms with Crippen LogP contribution in [0, 0.1) is 0 Å². The monoisotopic (exact) mass is 304 g/mol. The van der Waals surface area contributed by atoms with Gasteiger partial charge in [0.2, 0.25) is 0 Å². The Morgan fingerprint density at radius 1 is 1.50 bits per heavy atom. The fraction of sp³-hybridized carbons (Fsp3) is 0.500. The lowest BCUT2D eigenvalue weighted by Crippen LogP contribution is -2.40. The first-order chi connectivity index (χ1) is 10.7. The van der Waals surface area contributed by atoms with Crippen LogP contribution in [0.1, 0.15) is 35.2 Å². The number of carbonyl (C=O) groups is 1. The maximum atomic E-state index is 12.3. The van der Waals surface area contributed by atoms with E-state index in [2.05, 4.69) is 16.8 Å². The Bertz CT molecular complexity index is 504. The maximum absolute atomic E-state index is 12.3. The zero-order chi connectivity index (χ0) is 15.8. The summed E-state index contributed by atoms with van der Waals surface area (Å²) in [6.07, 6.45) is 5.38. The van der Waals surface area contributed by atoms with E-state index in [4.69, 9.17) is 0 Å². The van der Waals surface area contributed by atoms with Gasteiger partial charge in [0.25, 0.3) is 5.91 Å². The molecule has 0 saturated carbocycles. The molecule has 1 amide bonds. The Hall–Kier alpha value is -1.68. The van der Waals surface area contributed by atoms with E-state index in [-0.39, 0.29) is 12.6 Å². The van der Waals surface area contributed by atoms with Crippen LogP contribution >= 0.6 is 0 Å². The average molecular weight is 304 g/mol. The van der Waals surface area contributed by atoms with Crippen LogP contribution in [0.3, 0.4) is 0 Å². The highest BCUT2D eigenvalue weighted by Gasteiger charge is 2.23. The molecule has 0 bridgehead atoms. The summed E-state index contributed by atoms with van der Waals surface area (Å²) in [6, 6.07) is 7.87. The van der Waals surface area contributed by atoms with Gasteiger partial charge in [-0.3, -0.25) is 14.1 Å². The number of nitrogens with one attached hydrogen (secondary N) is 1. The normalized spacial score (nSPS) is 18.3. The summed E-state index contributed by atoms with van der Waals surface area (Å²) in [6.45, 7) is 6.07. The van der Waals surface area contributed by atoms with E-state index in [9.17, 15) is 9.18 Å². The minimum atomic E-state index is -0.322. The molecule has 1 atom stereocenters. The SMILES string of the molecule is C=CCN1CCC[C@H]1CNC(=O)c1cccc(CCCF)c1. The molecular weight excluding hydrogens is 279 g/mol. The summed E-state index contributed by atoms with van der Waals surface area (Å²) >= 11 is 0. The summed E-state index contributed by atoms with van der Waals surface area (Å²) in [7, 11) is 0. The van der Waals surface area contributed by atoms with E-state index in [1.807, 2.05) is 30.3 Å². The van der Waals surface area contributed by atoms with Gasteiger partial charge >= 0.3 is 0 Å². The van der Waals surface area contributed by atoms with Crippen molar-refractivity contribution in [1.29, 1.82) is 0 Å². The van der Waals surface area contributed by atoms with Gasteiger partial charge in [-0.15, -0.1) is 6.58 Å². The van der Waals surface area contributed by atoms with E-state index in [0.29, 0.717) is 31.0 Å². The highest BCUT2D eigenvalue weighted by Crippen LogP contribution is 2.16. The zero-order valence-corrected chi connectivity index (χ0v) is 13.1. The molecule has 0 aliphatic carbocycles. The van der Waals surface area contributed by atoms with Crippen molar-refractivity contribution >= 4 is 5.91 Å². The first-order valence-electron chi connectivity index (χ1n) is 8.02. The third kappa shape index (κ3) is 4.67. The lowest BCUT2D eigenvalue weighted by Gasteiger charge is -2.23. The van der Waals surface area contributed by atoms with Crippen molar-refractivity contribution in [2.75, 3.05) is 26.3 Å². The second-order valence-corrected chi connectivity index (χ2v) is 5.78. The van der Waals surface area contributed by atoms with E-state index in [1.165, 1.54) is 6.42 Å². The molecule has 1 aliphatic rings. The van der Waals surface area contributed by atoms with Crippen LogP contribution in [0.15, 0.2) is 36.9 Å². The van der Waals surface area contributed by atoms with Crippen LogP contribution in [0.4, 0.5) is 4.39 Å². The highest BCUT2D eigenvalue weighted by molar-refractivity contribution is 5.94. The van der Waals surface area contributed by atoms with Gasteiger partial charge in [-0.05, 0) is 49.9 Å². The zero-order valence-electron chi connectivity index (χ0n) is 13.1. The average Bonchev–Trinajstić information content (AvgIpc) is 2.98. The molecule has 1 aromatic carbocycles. The number of amides is 1. The largest absolute Gasteiger partial charge is 0.350 e. The number of nitrogens with zero attached hydrogens (tertiary/aromatic N) is 1. The molecule has 2 rings (SSSR count). The lowest BCUT2D eigenvalue weighted by molar-refractivity contribution is 0.0942. The quantitative estimate of drug-likeness (QED) is 0.749. The fourth-order valence-corrected chi connectivity index (χ4v) is 2.98. The molecule has 0 unspecified atom stereocenters. The molecule has 3 nitrogen and oxygen atoms in total. The molecule has 22 heavy (non-hydrogen) atoms. The molecule has 1 heterocycles. The van der Waals surface area contributed by atoms with Gasteiger partial charge in [0, 0.05) is 24.7 Å². The van der Waals surface area contributed by atoms with E-state index in [1.54, 1.807) is 0 Å². The van der Waals surface area contributed by atoms with Crippen LogP contribution in [-0.4, -0.2) is 43.2 Å². The Morgan fingerprint density at radius 3 is 3.14 bits per heavy atom. The molecule has 1 saturated heterocycles. The van der Waals surface area contributed by atoms with Gasteiger partial charge in [-0.1, -0.05) is 18.2 Å². The maximum Gasteiger partial charge on any atom is 0.251 e. The van der Waals surface area contributed by atoms with Gasteiger partial charge < -0.3 is 5.32 Å². The Labute approximate surface area is 132 Å². The molecule has 0 radical (unpaired) electrons. The molecule has 1 aliphatic heterocycles. The van der Waals surface area contributed by atoms with Gasteiger partial charge in [0.05, 0.1) is 6.67 Å². The van der Waals surface area contributed by atoms with Crippen molar-refractivity contribution in [1.82, 2.24) is 10.2 Å². The smallest absolute Gasteiger partial charge is 0.251 e. The summed E-state index contributed by atoms with van der Waals surface area (Å²) in [5.74, 6) is -0.0486. The van der Waals surface area contributed by atoms with E-state index in [0.717, 1.165) is 25.1 Å². The van der Waals surface area contributed by atoms with Crippen molar-refractivity contribution in [2.45, 2.75) is 31.7 Å². The molecule has 4 heteroatoms. The minimum Gasteiger partial charge on any atom is -0.350 e. The molecule has 1 fully saturated rings. The number of benzene rings is 1. The molecule has 0 aromatic heterocycles. The van der Waals surface area contributed by atoms with Crippen LogP contribution < -0.4 is 5.32 Å². The van der Waals surface area contributed by atoms with E-state index < -0.39 is 0 Å². The number of aryl methyl sites for hydroxylation is 1. The second-order valence-electron chi connectivity index (χ2n) is 5.78. The molecule has 1 aromatic rings. The van der Waals surface area contributed by atoms with Crippen molar-refractivity contribution in [3.8, 4) is 0 Å².